The minimum atomic E-state index is -2.93. The smallest absolute Gasteiger partial charge is 0.222 e. The molecule has 1 aliphatic heterocycles. The van der Waals surface area contributed by atoms with E-state index in [1.54, 1.807) is 11.9 Å². The standard InChI is InChI=1S/C14H28N2O3S/c1-3-4-12(7-9-15)5-6-14(17)16(2)13-8-10-20(18,19)11-13/h12-13H,3-11,15H2,1-2H3. The van der Waals surface area contributed by atoms with E-state index < -0.39 is 9.84 Å². The van der Waals surface area contributed by atoms with Crippen molar-refractivity contribution in [3.8, 4) is 0 Å². The van der Waals surface area contributed by atoms with Gasteiger partial charge in [0.05, 0.1) is 11.5 Å². The molecule has 6 heteroatoms. The Bertz CT molecular complexity index is 403. The van der Waals surface area contributed by atoms with E-state index in [4.69, 9.17) is 5.73 Å². The molecule has 0 aromatic carbocycles. The molecule has 5 nitrogen and oxygen atoms in total. The van der Waals surface area contributed by atoms with Crippen molar-refractivity contribution >= 4 is 15.7 Å². The molecule has 0 aromatic heterocycles. The zero-order chi connectivity index (χ0) is 15.2. The minimum Gasteiger partial charge on any atom is -0.342 e. The zero-order valence-electron chi connectivity index (χ0n) is 12.7. The lowest BCUT2D eigenvalue weighted by molar-refractivity contribution is -0.131. The molecule has 0 saturated carbocycles. The van der Waals surface area contributed by atoms with Crippen molar-refractivity contribution in [2.45, 2.75) is 51.5 Å². The van der Waals surface area contributed by atoms with E-state index in [9.17, 15) is 13.2 Å². The van der Waals surface area contributed by atoms with Crippen LogP contribution in [0.2, 0.25) is 0 Å². The number of rotatable bonds is 8. The van der Waals surface area contributed by atoms with E-state index in [0.717, 1.165) is 25.7 Å². The summed E-state index contributed by atoms with van der Waals surface area (Å²) in [5.41, 5.74) is 5.59. The van der Waals surface area contributed by atoms with Gasteiger partial charge in [-0.15, -0.1) is 0 Å². The topological polar surface area (TPSA) is 80.5 Å². The van der Waals surface area contributed by atoms with E-state index >= 15 is 0 Å². The molecule has 1 rings (SSSR count). The Morgan fingerprint density at radius 2 is 2.05 bits per heavy atom. The third-order valence-corrected chi connectivity index (χ3v) is 5.94. The first-order valence-electron chi connectivity index (χ1n) is 7.55. The Morgan fingerprint density at radius 3 is 2.55 bits per heavy atom. The average molecular weight is 304 g/mol. The molecule has 0 radical (unpaired) electrons. The van der Waals surface area contributed by atoms with Gasteiger partial charge in [-0.05, 0) is 31.7 Å². The molecular formula is C14H28N2O3S. The molecule has 1 amide bonds. The van der Waals surface area contributed by atoms with Crippen LogP contribution in [0.5, 0.6) is 0 Å². The van der Waals surface area contributed by atoms with Gasteiger partial charge in [0, 0.05) is 19.5 Å². The number of carbonyl (C=O) groups excluding carboxylic acids is 1. The SMILES string of the molecule is CCCC(CCN)CCC(=O)N(C)C1CCS(=O)(=O)C1. The van der Waals surface area contributed by atoms with Gasteiger partial charge < -0.3 is 10.6 Å². The summed E-state index contributed by atoms with van der Waals surface area (Å²) in [6.45, 7) is 2.80. The van der Waals surface area contributed by atoms with Crippen LogP contribution >= 0.6 is 0 Å². The van der Waals surface area contributed by atoms with E-state index in [0.29, 0.717) is 25.3 Å². The molecular weight excluding hydrogens is 276 g/mol. The van der Waals surface area contributed by atoms with Crippen molar-refractivity contribution < 1.29 is 13.2 Å². The molecule has 1 saturated heterocycles. The van der Waals surface area contributed by atoms with Crippen LogP contribution in [-0.2, 0) is 14.6 Å². The van der Waals surface area contributed by atoms with Gasteiger partial charge in [-0.2, -0.15) is 0 Å². The molecule has 2 N–H and O–H groups in total. The van der Waals surface area contributed by atoms with E-state index in [1.165, 1.54) is 0 Å². The molecule has 0 spiro atoms. The fourth-order valence-electron chi connectivity index (χ4n) is 2.87. The van der Waals surface area contributed by atoms with Crippen LogP contribution < -0.4 is 5.73 Å². The number of hydrogen-bond acceptors (Lipinski definition) is 4. The lowest BCUT2D eigenvalue weighted by Gasteiger charge is -2.24. The van der Waals surface area contributed by atoms with Crippen molar-refractivity contribution in [2.24, 2.45) is 11.7 Å². The average Bonchev–Trinajstić information content (AvgIpc) is 2.75. The van der Waals surface area contributed by atoms with Gasteiger partial charge in [0.2, 0.25) is 5.91 Å². The highest BCUT2D eigenvalue weighted by atomic mass is 32.2. The molecule has 0 bridgehead atoms. The van der Waals surface area contributed by atoms with Crippen LogP contribution in [0, 0.1) is 5.92 Å². The van der Waals surface area contributed by atoms with Gasteiger partial charge in [0.15, 0.2) is 9.84 Å². The van der Waals surface area contributed by atoms with Crippen molar-refractivity contribution in [1.29, 1.82) is 0 Å². The lowest BCUT2D eigenvalue weighted by atomic mass is 9.94. The van der Waals surface area contributed by atoms with Crippen LogP contribution in [0.4, 0.5) is 0 Å². The Morgan fingerprint density at radius 1 is 1.35 bits per heavy atom. The zero-order valence-corrected chi connectivity index (χ0v) is 13.5. The monoisotopic (exact) mass is 304 g/mol. The number of nitrogens with zero attached hydrogens (tertiary/aromatic N) is 1. The maximum atomic E-state index is 12.2. The fourth-order valence-corrected chi connectivity index (χ4v) is 4.64. The summed E-state index contributed by atoms with van der Waals surface area (Å²) >= 11 is 0. The summed E-state index contributed by atoms with van der Waals surface area (Å²) in [7, 11) is -1.21. The highest BCUT2D eigenvalue weighted by molar-refractivity contribution is 7.91. The second-order valence-corrected chi connectivity index (χ2v) is 8.06. The largest absolute Gasteiger partial charge is 0.342 e. The molecule has 2 unspecified atom stereocenters. The van der Waals surface area contributed by atoms with Gasteiger partial charge in [0.25, 0.3) is 0 Å². The number of carbonyl (C=O) groups is 1. The Hall–Kier alpha value is -0.620. The second kappa shape index (κ2) is 7.98. The summed E-state index contributed by atoms with van der Waals surface area (Å²) in [6, 6.07) is -0.133. The molecule has 118 valence electrons. The second-order valence-electron chi connectivity index (χ2n) is 5.83. The van der Waals surface area contributed by atoms with Gasteiger partial charge in [-0.25, -0.2) is 8.42 Å². The van der Waals surface area contributed by atoms with Gasteiger partial charge in [-0.3, -0.25) is 4.79 Å². The van der Waals surface area contributed by atoms with E-state index in [1.807, 2.05) is 0 Å². The fraction of sp³-hybridized carbons (Fsp3) is 0.929. The number of amides is 1. The Kier molecular flexibility index (Phi) is 6.95. The summed E-state index contributed by atoms with van der Waals surface area (Å²) in [5, 5.41) is 0. The molecule has 1 heterocycles. The summed E-state index contributed by atoms with van der Waals surface area (Å²) in [4.78, 5) is 13.8. The molecule has 0 aliphatic carbocycles. The van der Waals surface area contributed by atoms with Crippen LogP contribution in [0.15, 0.2) is 0 Å². The third-order valence-electron chi connectivity index (χ3n) is 4.19. The first-order valence-corrected chi connectivity index (χ1v) is 9.38. The maximum Gasteiger partial charge on any atom is 0.222 e. The van der Waals surface area contributed by atoms with Crippen molar-refractivity contribution in [3.05, 3.63) is 0 Å². The number of hydrogen-bond donors (Lipinski definition) is 1. The van der Waals surface area contributed by atoms with Crippen LogP contribution in [0.1, 0.15) is 45.4 Å². The van der Waals surface area contributed by atoms with Crippen LogP contribution in [-0.4, -0.2) is 50.4 Å². The third kappa shape index (κ3) is 5.40. The predicted molar refractivity (Wildman–Crippen MR) is 81.1 cm³/mol. The van der Waals surface area contributed by atoms with Gasteiger partial charge >= 0.3 is 0 Å². The number of sulfone groups is 1. The molecule has 2 atom stereocenters. The van der Waals surface area contributed by atoms with Crippen molar-refractivity contribution in [2.75, 3.05) is 25.1 Å². The van der Waals surface area contributed by atoms with Gasteiger partial charge in [-0.1, -0.05) is 19.8 Å². The normalized spacial score (nSPS) is 22.6. The quantitative estimate of drug-likeness (QED) is 0.730. The first kappa shape index (κ1) is 17.4. The van der Waals surface area contributed by atoms with E-state index in [-0.39, 0.29) is 23.5 Å². The Labute approximate surface area is 122 Å². The summed E-state index contributed by atoms with van der Waals surface area (Å²) < 4.78 is 22.9. The van der Waals surface area contributed by atoms with Crippen LogP contribution in [0.25, 0.3) is 0 Å². The number of nitrogens with two attached hydrogens (primary N) is 1. The summed E-state index contributed by atoms with van der Waals surface area (Å²) in [5.74, 6) is 0.900. The van der Waals surface area contributed by atoms with Gasteiger partial charge in [0.1, 0.15) is 0 Å². The van der Waals surface area contributed by atoms with Crippen molar-refractivity contribution in [3.63, 3.8) is 0 Å². The molecule has 1 fully saturated rings. The minimum absolute atomic E-state index is 0.0604. The summed E-state index contributed by atoms with van der Waals surface area (Å²) in [6.07, 6.45) is 5.10. The highest BCUT2D eigenvalue weighted by Gasteiger charge is 2.32. The molecule has 20 heavy (non-hydrogen) atoms. The van der Waals surface area contributed by atoms with Crippen LogP contribution in [0.3, 0.4) is 0 Å². The molecule has 1 aliphatic rings. The van der Waals surface area contributed by atoms with Crippen molar-refractivity contribution in [1.82, 2.24) is 4.90 Å². The predicted octanol–water partition coefficient (Wildman–Crippen LogP) is 1.18. The lowest BCUT2D eigenvalue weighted by Crippen LogP contribution is -2.37. The highest BCUT2D eigenvalue weighted by Crippen LogP contribution is 2.20. The maximum absolute atomic E-state index is 12.2. The van der Waals surface area contributed by atoms with E-state index in [2.05, 4.69) is 6.92 Å². The Balaban J connectivity index is 2.41. The molecule has 0 aromatic rings. The first-order chi connectivity index (χ1) is 9.39.